The number of fused-ring (bicyclic) bond motifs is 5. The maximum absolute atomic E-state index is 8.55. The van der Waals surface area contributed by atoms with E-state index >= 15 is 0 Å². The minimum atomic E-state index is -4.79. The zero-order chi connectivity index (χ0) is 28.5. The van der Waals surface area contributed by atoms with E-state index in [9.17, 15) is 0 Å². The normalized spacial score (nSPS) is 17.3. The molecule has 0 saturated carbocycles. The standard InChI is InChI=1S/C22H19.C13H9.C2H7Si.2ClH.Zr/c1-15(2)18-13-17-9-6-12-21(22(17)14-18)20-11-5-8-16-7-3-4-10-19(16)20;1-3-7-12-10(5-1)9-11-6-2-4-8-13(11)12;1-3-2;;;/h3-15H,1-2H3;1-9H;3H,1-2H3;2*1H;/q;;;;;+2/p-2. The van der Waals surface area contributed by atoms with E-state index < -0.39 is 21.5 Å². The van der Waals surface area contributed by atoms with E-state index in [4.69, 9.17) is 17.0 Å². The van der Waals surface area contributed by atoms with E-state index in [1.54, 1.807) is 0 Å². The molecular weight excluding hydrogens is 635 g/mol. The van der Waals surface area contributed by atoms with Crippen molar-refractivity contribution < 1.29 is 15.6 Å². The van der Waals surface area contributed by atoms with Crippen molar-refractivity contribution in [3.05, 3.63) is 137 Å². The fourth-order valence-electron chi connectivity index (χ4n) is 7.82. The molecule has 2 aliphatic rings. The Labute approximate surface area is 252 Å². The summed E-state index contributed by atoms with van der Waals surface area (Å²) in [6, 6.07) is 40.0. The number of halogens is 2. The molecule has 0 saturated heterocycles. The van der Waals surface area contributed by atoms with Crippen molar-refractivity contribution in [1.29, 1.82) is 0 Å². The predicted molar refractivity (Wildman–Crippen MR) is 179 cm³/mol. The van der Waals surface area contributed by atoms with Gasteiger partial charge < -0.3 is 0 Å². The summed E-state index contributed by atoms with van der Waals surface area (Å²) in [5, 5.41) is 2.54. The summed E-state index contributed by atoms with van der Waals surface area (Å²) < 4.78 is 0.165. The van der Waals surface area contributed by atoms with Gasteiger partial charge in [-0.05, 0) is 0 Å². The number of rotatable bonds is 5. The molecule has 0 bridgehead atoms. The number of benzene rings is 5. The van der Waals surface area contributed by atoms with Gasteiger partial charge in [0.15, 0.2) is 0 Å². The summed E-state index contributed by atoms with van der Waals surface area (Å²) in [6.07, 6.45) is 2.48. The second kappa shape index (κ2) is 9.92. The van der Waals surface area contributed by atoms with Gasteiger partial charge in [0.2, 0.25) is 0 Å². The van der Waals surface area contributed by atoms with Gasteiger partial charge in [-0.2, -0.15) is 0 Å². The molecule has 2 aliphatic carbocycles. The van der Waals surface area contributed by atoms with Crippen LogP contribution in [0.1, 0.15) is 43.4 Å². The molecule has 4 heteroatoms. The van der Waals surface area contributed by atoms with Gasteiger partial charge in [0.25, 0.3) is 0 Å². The first-order valence-corrected chi connectivity index (χ1v) is 31.1. The van der Waals surface area contributed by atoms with E-state index in [0.29, 0.717) is 5.92 Å². The van der Waals surface area contributed by atoms with Gasteiger partial charge in [0, 0.05) is 0 Å². The molecule has 1 atom stereocenters. The number of hydrogen-bond acceptors (Lipinski definition) is 0. The Balaban J connectivity index is 1.52. The fraction of sp³-hybridized carbons (Fsp3) is 0.189. The Kier molecular flexibility index (Phi) is 6.68. The average Bonchev–Trinajstić information content (AvgIpc) is 3.55. The molecule has 41 heavy (non-hydrogen) atoms. The Morgan fingerprint density at radius 1 is 0.585 bits per heavy atom. The van der Waals surface area contributed by atoms with Gasteiger partial charge in [0.05, 0.1) is 0 Å². The van der Waals surface area contributed by atoms with E-state index in [0.717, 1.165) is 0 Å². The molecule has 0 aromatic heterocycles. The first kappa shape index (κ1) is 27.6. The van der Waals surface area contributed by atoms with Crippen LogP contribution in [0.2, 0.25) is 13.1 Å². The van der Waals surface area contributed by atoms with Crippen molar-refractivity contribution in [2.45, 2.75) is 34.2 Å². The van der Waals surface area contributed by atoms with Gasteiger partial charge in [-0.3, -0.25) is 0 Å². The van der Waals surface area contributed by atoms with Crippen LogP contribution in [-0.4, -0.2) is 5.92 Å². The van der Waals surface area contributed by atoms with Crippen LogP contribution < -0.4 is 0 Å². The third-order valence-corrected chi connectivity index (χ3v) is 61.5. The molecule has 0 heterocycles. The zero-order valence-electron chi connectivity index (χ0n) is 24.0. The van der Waals surface area contributed by atoms with Crippen LogP contribution in [-0.2, 0) is 15.6 Å². The second-order valence-corrected chi connectivity index (χ2v) is 55.1. The van der Waals surface area contributed by atoms with Crippen LogP contribution in [0.3, 0.4) is 0 Å². The number of allylic oxidation sites excluding steroid dienone is 1. The van der Waals surface area contributed by atoms with Crippen molar-refractivity contribution in [3.63, 3.8) is 0 Å². The summed E-state index contributed by atoms with van der Waals surface area (Å²) in [5.41, 5.74) is 11.9. The van der Waals surface area contributed by atoms with Gasteiger partial charge in [-0.15, -0.1) is 0 Å². The quantitative estimate of drug-likeness (QED) is 0.163. The summed E-state index contributed by atoms with van der Waals surface area (Å²) in [5.74, 6) is -1.26. The number of hydrogen-bond donors (Lipinski definition) is 0. The van der Waals surface area contributed by atoms with Crippen LogP contribution in [0.5, 0.6) is 0 Å². The third kappa shape index (κ3) is 3.94. The molecule has 0 fully saturated rings. The third-order valence-electron chi connectivity index (χ3n) is 9.88. The van der Waals surface area contributed by atoms with Crippen molar-refractivity contribution in [2.75, 3.05) is 0 Å². The monoisotopic (exact) mass is 667 g/mol. The van der Waals surface area contributed by atoms with Crippen molar-refractivity contribution in [1.82, 2.24) is 0 Å². The predicted octanol–water partition coefficient (Wildman–Crippen LogP) is 11.4. The van der Waals surface area contributed by atoms with E-state index in [2.05, 4.69) is 142 Å². The van der Waals surface area contributed by atoms with Crippen LogP contribution >= 0.6 is 17.0 Å². The molecule has 205 valence electrons. The van der Waals surface area contributed by atoms with E-state index in [1.807, 2.05) is 0 Å². The average molecular weight is 670 g/mol. The van der Waals surface area contributed by atoms with Crippen molar-refractivity contribution in [2.24, 2.45) is 5.92 Å². The van der Waals surface area contributed by atoms with Gasteiger partial charge in [-0.25, -0.2) is 0 Å². The molecular formula is C37H35Cl2SiZr. The molecule has 0 N–H and O–H groups in total. The van der Waals surface area contributed by atoms with Gasteiger partial charge in [-0.1, -0.05) is 0 Å². The molecule has 7 rings (SSSR count). The molecule has 0 aliphatic heterocycles. The molecule has 0 amide bonds. The topological polar surface area (TPSA) is 0 Å². The Bertz CT molecular complexity index is 1820. The van der Waals surface area contributed by atoms with Crippen LogP contribution in [0.4, 0.5) is 0 Å². The van der Waals surface area contributed by atoms with Crippen LogP contribution in [0.15, 0.2) is 115 Å². The molecule has 0 spiro atoms. The van der Waals surface area contributed by atoms with Crippen LogP contribution in [0, 0.1) is 5.92 Å². The molecule has 5 aromatic carbocycles. The van der Waals surface area contributed by atoms with Crippen molar-refractivity contribution >= 4 is 39.8 Å². The van der Waals surface area contributed by atoms with Gasteiger partial charge >= 0.3 is 255 Å². The summed E-state index contributed by atoms with van der Waals surface area (Å²) in [6.45, 7) is 9.51. The van der Waals surface area contributed by atoms with E-state index in [1.165, 1.54) is 60.9 Å². The maximum atomic E-state index is 8.55. The summed E-state index contributed by atoms with van der Waals surface area (Å²) in [4.78, 5) is 0. The zero-order valence-corrected chi connectivity index (χ0v) is 29.2. The minimum absolute atomic E-state index is 0.0816. The molecule has 5 aromatic rings. The van der Waals surface area contributed by atoms with E-state index in [-0.39, 0.29) is 7.25 Å². The molecule has 0 radical (unpaired) electrons. The first-order valence-electron chi connectivity index (χ1n) is 14.8. The Morgan fingerprint density at radius 2 is 1.10 bits per heavy atom. The first-order chi connectivity index (χ1) is 19.7. The second-order valence-electron chi connectivity index (χ2n) is 12.6. The van der Waals surface area contributed by atoms with Crippen LogP contribution in [0.25, 0.3) is 39.1 Å². The van der Waals surface area contributed by atoms with Gasteiger partial charge in [0.1, 0.15) is 0 Å². The fourth-order valence-corrected chi connectivity index (χ4v) is 38.6. The Hall–Kier alpha value is -2.22. The Morgan fingerprint density at radius 3 is 1.76 bits per heavy atom. The molecule has 0 nitrogen and oxygen atoms in total. The molecule has 1 unspecified atom stereocenters. The summed E-state index contributed by atoms with van der Waals surface area (Å²) >= 11 is -4.79. The SMILES string of the molecule is CC(C)C1=Cc2c(-c3cccc4ccccc34)cccc2[CH]1[Zr]([Cl])([Cl])([CH]1c2ccccc2-c2ccccc21)[SiH](C)C. The summed E-state index contributed by atoms with van der Waals surface area (Å²) in [7, 11) is 17.1. The van der Waals surface area contributed by atoms with Crippen molar-refractivity contribution in [3.8, 4) is 22.3 Å².